The third kappa shape index (κ3) is 7.23. The van der Waals surface area contributed by atoms with Crippen LogP contribution in [-0.2, 0) is 0 Å². The summed E-state index contributed by atoms with van der Waals surface area (Å²) in [7, 11) is 1.81. The molecule has 0 amide bonds. The summed E-state index contributed by atoms with van der Waals surface area (Å²) in [6, 6.07) is 17.1. The summed E-state index contributed by atoms with van der Waals surface area (Å²) < 4.78 is 37.4. The van der Waals surface area contributed by atoms with Gasteiger partial charge in [-0.3, -0.25) is 0 Å². The Kier molecular flexibility index (Phi) is 11.2. The van der Waals surface area contributed by atoms with Crippen LogP contribution in [0.1, 0.15) is 65.1 Å². The maximum atomic E-state index is 15.7. The molecule has 6 nitrogen and oxygen atoms in total. The lowest BCUT2D eigenvalue weighted by Crippen LogP contribution is -2.22. The molecule has 0 radical (unpaired) electrons. The van der Waals surface area contributed by atoms with Crippen LogP contribution in [0.3, 0.4) is 0 Å². The standard InChI is InChI=1S/C38H41F2N4O2/c1-8-10-15-27(26(6)22-23-42-38(41-7)24(3)4)37(25(5)9-2)46-33-21-20-32(34(39)35(33)40)43-44(45)36-30-18-13-11-16-28(30)29-17-12-14-19-31(29)36/h8,10-23,36,41H,9H2,1-7H3,(H,43,45)/q+1/b10-8-,26-22+,27-15-,37-25-,42-23-. The molecule has 8 heteroatoms. The molecule has 0 aliphatic heterocycles. The van der Waals surface area contributed by atoms with Crippen molar-refractivity contribution >= 4 is 11.9 Å². The van der Waals surface area contributed by atoms with Crippen molar-refractivity contribution in [3.05, 3.63) is 147 Å². The Morgan fingerprint density at radius 2 is 1.57 bits per heavy atom. The van der Waals surface area contributed by atoms with Gasteiger partial charge in [0.15, 0.2) is 11.6 Å². The zero-order valence-electron chi connectivity index (χ0n) is 27.4. The molecule has 0 saturated carbocycles. The number of aliphatic imine (C=N–C) groups is 1. The number of benzene rings is 3. The predicted octanol–water partition coefficient (Wildman–Crippen LogP) is 9.89. The van der Waals surface area contributed by atoms with Gasteiger partial charge in [-0.1, -0.05) is 73.7 Å². The van der Waals surface area contributed by atoms with E-state index in [1.165, 1.54) is 12.1 Å². The van der Waals surface area contributed by atoms with E-state index in [1.807, 2.05) is 121 Å². The Morgan fingerprint density at radius 3 is 2.13 bits per heavy atom. The van der Waals surface area contributed by atoms with Crippen LogP contribution in [0, 0.1) is 16.5 Å². The number of hydrogen-bond acceptors (Lipinski definition) is 4. The minimum Gasteiger partial charge on any atom is -0.454 e. The van der Waals surface area contributed by atoms with E-state index in [0.717, 1.165) is 44.8 Å². The van der Waals surface area contributed by atoms with Crippen LogP contribution in [-0.4, -0.2) is 18.1 Å². The summed E-state index contributed by atoms with van der Waals surface area (Å²) in [5.74, 6) is -1.56. The Balaban J connectivity index is 1.65. The molecule has 0 spiro atoms. The topological polar surface area (TPSA) is 65.7 Å². The van der Waals surface area contributed by atoms with E-state index < -0.39 is 17.7 Å². The van der Waals surface area contributed by atoms with Crippen molar-refractivity contribution in [1.82, 2.24) is 5.32 Å². The highest BCUT2D eigenvalue weighted by Gasteiger charge is 2.40. The second-order valence-electron chi connectivity index (χ2n) is 11.2. The number of halogens is 2. The summed E-state index contributed by atoms with van der Waals surface area (Å²) in [5.41, 5.74) is 9.07. The van der Waals surface area contributed by atoms with Crippen molar-refractivity contribution in [2.24, 2.45) is 4.99 Å². The Bertz CT molecular complexity index is 1770. The molecule has 0 saturated heterocycles. The van der Waals surface area contributed by atoms with Crippen molar-refractivity contribution in [3.8, 4) is 16.9 Å². The number of ether oxygens (including phenoxy) is 1. The molecular formula is C38H41F2N4O2+. The fourth-order valence-corrected chi connectivity index (χ4v) is 5.24. The normalized spacial score (nSPS) is 13.8. The molecule has 2 N–H and O–H groups in total. The van der Waals surface area contributed by atoms with Crippen LogP contribution in [0.2, 0.25) is 0 Å². The number of anilines is 1. The van der Waals surface area contributed by atoms with Gasteiger partial charge >= 0.3 is 0 Å². The lowest BCUT2D eigenvalue weighted by molar-refractivity contribution is -0.552. The second-order valence-corrected chi connectivity index (χ2v) is 11.2. The molecule has 46 heavy (non-hydrogen) atoms. The van der Waals surface area contributed by atoms with Gasteiger partial charge in [0.25, 0.3) is 6.04 Å². The number of nitrogens with one attached hydrogen (secondary N) is 2. The van der Waals surface area contributed by atoms with E-state index >= 15 is 8.78 Å². The van der Waals surface area contributed by atoms with Crippen molar-refractivity contribution in [1.29, 1.82) is 0 Å². The summed E-state index contributed by atoms with van der Waals surface area (Å²) in [6.45, 7) is 11.6. The summed E-state index contributed by atoms with van der Waals surface area (Å²) in [4.78, 5) is 18.5. The van der Waals surface area contributed by atoms with Gasteiger partial charge in [-0.2, -0.15) is 4.39 Å². The number of hydrogen-bond donors (Lipinski definition) is 2. The zero-order chi connectivity index (χ0) is 33.4. The van der Waals surface area contributed by atoms with E-state index in [0.29, 0.717) is 22.6 Å². The highest BCUT2D eigenvalue weighted by Crippen LogP contribution is 2.45. The Morgan fingerprint density at radius 1 is 0.935 bits per heavy atom. The summed E-state index contributed by atoms with van der Waals surface area (Å²) in [6.07, 6.45) is 9.74. The van der Waals surface area contributed by atoms with Gasteiger partial charge in [-0.05, 0) is 87.1 Å². The number of fused-ring (bicyclic) bond motifs is 3. The maximum absolute atomic E-state index is 15.7. The van der Waals surface area contributed by atoms with Crippen molar-refractivity contribution in [2.45, 2.75) is 54.0 Å². The number of rotatable bonds is 12. The number of hydrazine groups is 1. The van der Waals surface area contributed by atoms with Crippen LogP contribution in [0.5, 0.6) is 5.75 Å². The minimum absolute atomic E-state index is 0.295. The Hall–Kier alpha value is -5.11. The lowest BCUT2D eigenvalue weighted by Gasteiger charge is -2.18. The molecule has 0 heterocycles. The number of nitroso groups, excluding NO2 is 1. The van der Waals surface area contributed by atoms with Crippen molar-refractivity contribution in [2.75, 3.05) is 12.5 Å². The van der Waals surface area contributed by atoms with Gasteiger partial charge in [-0.15, -0.1) is 5.43 Å². The molecule has 0 atom stereocenters. The molecule has 238 valence electrons. The largest absolute Gasteiger partial charge is 0.454 e. The van der Waals surface area contributed by atoms with E-state index in [-0.39, 0.29) is 11.4 Å². The average molecular weight is 624 g/mol. The Labute approximate surface area is 270 Å². The average Bonchev–Trinajstić information content (AvgIpc) is 3.39. The van der Waals surface area contributed by atoms with E-state index in [1.54, 1.807) is 6.21 Å². The van der Waals surface area contributed by atoms with Crippen LogP contribution < -0.4 is 15.5 Å². The smallest absolute Gasteiger partial charge is 0.285 e. The van der Waals surface area contributed by atoms with Gasteiger partial charge < -0.3 is 10.1 Å². The lowest BCUT2D eigenvalue weighted by atomic mass is 10.00. The molecular weight excluding hydrogens is 582 g/mol. The third-order valence-corrected chi connectivity index (χ3v) is 7.81. The predicted molar refractivity (Wildman–Crippen MR) is 184 cm³/mol. The van der Waals surface area contributed by atoms with E-state index in [4.69, 9.17) is 4.74 Å². The molecule has 3 aromatic carbocycles. The molecule has 4 rings (SSSR count). The van der Waals surface area contributed by atoms with Gasteiger partial charge in [0, 0.05) is 30.0 Å². The molecule has 1 aliphatic rings. The molecule has 0 bridgehead atoms. The van der Waals surface area contributed by atoms with E-state index in [2.05, 4.69) is 15.7 Å². The van der Waals surface area contributed by atoms with Gasteiger partial charge in [0.05, 0.1) is 4.91 Å². The van der Waals surface area contributed by atoms with Gasteiger partial charge in [0.1, 0.15) is 22.1 Å². The van der Waals surface area contributed by atoms with Crippen LogP contribution in [0.15, 0.2) is 124 Å². The quantitative estimate of drug-likeness (QED) is 0.0693. The molecule has 1 aliphatic carbocycles. The van der Waals surface area contributed by atoms with Crippen LogP contribution >= 0.6 is 0 Å². The first-order chi connectivity index (χ1) is 22.1. The zero-order valence-corrected chi connectivity index (χ0v) is 27.4. The molecule has 0 aromatic heterocycles. The number of nitrogens with zero attached hydrogens (tertiary/aromatic N) is 2. The molecule has 0 unspecified atom stereocenters. The van der Waals surface area contributed by atoms with Crippen molar-refractivity contribution < 1.29 is 18.4 Å². The molecule has 0 fully saturated rings. The summed E-state index contributed by atoms with van der Waals surface area (Å²) in [5, 5.41) is 3.06. The van der Waals surface area contributed by atoms with Gasteiger partial charge in [-0.25, -0.2) is 9.38 Å². The SMILES string of the molecule is C\C=C/C=C(C(\Oc1ccc(N[N+](=O)C2c3ccccc3-c3ccccc32)c(F)c1F)=C(/C)CC)/C(C)=C/C=N\C(NC)=C(C)C. The highest BCUT2D eigenvalue weighted by molar-refractivity contribution is 5.78. The maximum Gasteiger partial charge on any atom is 0.285 e. The van der Waals surface area contributed by atoms with Gasteiger partial charge in [0.2, 0.25) is 5.82 Å². The van der Waals surface area contributed by atoms with E-state index in [9.17, 15) is 4.91 Å². The fraction of sp³-hybridized carbons (Fsp3) is 0.237. The van der Waals surface area contributed by atoms with Crippen LogP contribution in [0.25, 0.3) is 11.1 Å². The molecule has 3 aromatic rings. The third-order valence-electron chi connectivity index (χ3n) is 7.81. The number of allylic oxidation sites excluding steroid dienone is 7. The minimum atomic E-state index is -1.22. The first-order valence-corrected chi connectivity index (χ1v) is 15.3. The summed E-state index contributed by atoms with van der Waals surface area (Å²) >= 11 is 0. The first kappa shape index (κ1) is 33.8. The highest BCUT2D eigenvalue weighted by atomic mass is 19.2. The van der Waals surface area contributed by atoms with Crippen molar-refractivity contribution in [3.63, 3.8) is 0 Å². The first-order valence-electron chi connectivity index (χ1n) is 15.3. The fourth-order valence-electron chi connectivity index (χ4n) is 5.24. The van der Waals surface area contributed by atoms with Crippen LogP contribution in [0.4, 0.5) is 14.5 Å². The second kappa shape index (κ2) is 15.3. The monoisotopic (exact) mass is 623 g/mol.